The highest BCUT2D eigenvalue weighted by atomic mass is 16.4. The van der Waals surface area contributed by atoms with Crippen LogP contribution in [0.25, 0.3) is 11.1 Å². The predicted molar refractivity (Wildman–Crippen MR) is 82.6 cm³/mol. The normalized spacial score (nSPS) is 20.3. The molecule has 2 heterocycles. The van der Waals surface area contributed by atoms with Gasteiger partial charge in [0.2, 0.25) is 0 Å². The van der Waals surface area contributed by atoms with Gasteiger partial charge in [0.1, 0.15) is 0 Å². The molecule has 112 valence electrons. The van der Waals surface area contributed by atoms with Crippen LogP contribution in [-0.2, 0) is 0 Å². The molecule has 0 bridgehead atoms. The fourth-order valence-corrected chi connectivity index (χ4v) is 3.11. The minimum Gasteiger partial charge on any atom is -0.408 e. The third kappa shape index (κ3) is 2.51. The smallest absolute Gasteiger partial charge is 0.408 e. The molecule has 0 spiro atoms. The molecule has 1 saturated heterocycles. The fourth-order valence-electron chi connectivity index (χ4n) is 3.11. The van der Waals surface area contributed by atoms with Crippen molar-refractivity contribution in [1.29, 1.82) is 0 Å². The monoisotopic (exact) mass is 288 g/mol. The molecular weight excluding hydrogens is 268 g/mol. The molecule has 3 N–H and O–H groups in total. The molecule has 1 saturated carbocycles. The van der Waals surface area contributed by atoms with E-state index < -0.39 is 5.76 Å². The van der Waals surface area contributed by atoms with E-state index in [9.17, 15) is 4.79 Å². The molecule has 1 aromatic heterocycles. The maximum atomic E-state index is 11.3. The Morgan fingerprint density at radius 1 is 1.24 bits per heavy atom. The maximum Gasteiger partial charge on any atom is 0.417 e. The van der Waals surface area contributed by atoms with E-state index in [-0.39, 0.29) is 0 Å². The topological polar surface area (TPSA) is 78.5 Å². The summed E-state index contributed by atoms with van der Waals surface area (Å²) in [5.41, 5.74) is 9.01. The van der Waals surface area contributed by atoms with Crippen LogP contribution in [0.1, 0.15) is 12.8 Å². The molecule has 0 atom stereocenters. The highest BCUT2D eigenvalue weighted by Gasteiger charge is 2.27. The van der Waals surface area contributed by atoms with Crippen molar-refractivity contribution in [3.05, 3.63) is 22.7 Å². The molecule has 4 rings (SSSR count). The number of piperazine rings is 1. The van der Waals surface area contributed by atoms with E-state index in [1.165, 1.54) is 19.4 Å². The van der Waals surface area contributed by atoms with Crippen LogP contribution in [0.2, 0.25) is 0 Å². The van der Waals surface area contributed by atoms with Crippen LogP contribution in [0.4, 0.5) is 11.4 Å². The second-order valence-corrected chi connectivity index (χ2v) is 6.15. The predicted octanol–water partition coefficient (Wildman–Crippen LogP) is 1.24. The quantitative estimate of drug-likeness (QED) is 0.831. The minimum atomic E-state index is -0.434. The van der Waals surface area contributed by atoms with Gasteiger partial charge in [-0.2, -0.15) is 0 Å². The van der Waals surface area contributed by atoms with Gasteiger partial charge < -0.3 is 15.1 Å². The largest absolute Gasteiger partial charge is 0.417 e. The summed E-state index contributed by atoms with van der Waals surface area (Å²) in [6.45, 7) is 5.36. The highest BCUT2D eigenvalue weighted by Crippen LogP contribution is 2.31. The number of nitrogens with two attached hydrogens (primary N) is 1. The van der Waals surface area contributed by atoms with Crippen molar-refractivity contribution >= 4 is 22.5 Å². The van der Waals surface area contributed by atoms with Crippen molar-refractivity contribution in [1.82, 2.24) is 9.88 Å². The van der Waals surface area contributed by atoms with Gasteiger partial charge in [-0.3, -0.25) is 9.88 Å². The maximum absolute atomic E-state index is 11.3. The van der Waals surface area contributed by atoms with Gasteiger partial charge in [-0.05, 0) is 24.8 Å². The second-order valence-electron chi connectivity index (χ2n) is 6.15. The minimum absolute atomic E-state index is 0.434. The average molecular weight is 288 g/mol. The van der Waals surface area contributed by atoms with Crippen LogP contribution < -0.4 is 16.4 Å². The zero-order valence-electron chi connectivity index (χ0n) is 12.0. The van der Waals surface area contributed by atoms with Gasteiger partial charge in [0.15, 0.2) is 5.58 Å². The van der Waals surface area contributed by atoms with Gasteiger partial charge in [0.05, 0.1) is 16.9 Å². The summed E-state index contributed by atoms with van der Waals surface area (Å²) < 4.78 is 5.04. The summed E-state index contributed by atoms with van der Waals surface area (Å²) in [5, 5.41) is 0. The third-order valence-electron chi connectivity index (χ3n) is 4.49. The first-order valence-corrected chi connectivity index (χ1v) is 7.59. The lowest BCUT2D eigenvalue weighted by Crippen LogP contribution is -2.47. The van der Waals surface area contributed by atoms with Crippen LogP contribution in [0, 0.1) is 5.92 Å². The first-order valence-electron chi connectivity index (χ1n) is 7.59. The number of oxazole rings is 1. The summed E-state index contributed by atoms with van der Waals surface area (Å²) in [4.78, 5) is 18.8. The van der Waals surface area contributed by atoms with E-state index in [4.69, 9.17) is 10.2 Å². The number of rotatable bonds is 3. The Morgan fingerprint density at radius 2 is 2.00 bits per heavy atom. The number of H-pyrrole nitrogens is 1. The zero-order chi connectivity index (χ0) is 14.4. The number of hydrogen-bond donors (Lipinski definition) is 2. The lowest BCUT2D eigenvalue weighted by molar-refractivity contribution is 0.248. The first-order chi connectivity index (χ1) is 10.2. The first kappa shape index (κ1) is 12.8. The lowest BCUT2D eigenvalue weighted by atomic mass is 10.2. The van der Waals surface area contributed by atoms with E-state index in [0.717, 1.165) is 37.8 Å². The van der Waals surface area contributed by atoms with Gasteiger partial charge in [0.25, 0.3) is 0 Å². The Labute approximate surface area is 122 Å². The van der Waals surface area contributed by atoms with Gasteiger partial charge >= 0.3 is 5.76 Å². The number of aromatic nitrogens is 1. The number of hydrogen-bond acceptors (Lipinski definition) is 5. The van der Waals surface area contributed by atoms with Gasteiger partial charge in [-0.15, -0.1) is 0 Å². The molecule has 2 aliphatic rings. The molecule has 6 nitrogen and oxygen atoms in total. The van der Waals surface area contributed by atoms with Crippen molar-refractivity contribution in [3.8, 4) is 0 Å². The molecule has 6 heteroatoms. The Kier molecular flexibility index (Phi) is 2.92. The molecule has 21 heavy (non-hydrogen) atoms. The SMILES string of the molecule is Nc1cc2oc(=O)[nH]c2cc1N1CCN(CC2CC2)CC1. The van der Waals surface area contributed by atoms with Crippen molar-refractivity contribution in [3.63, 3.8) is 0 Å². The van der Waals surface area contributed by atoms with E-state index in [2.05, 4.69) is 14.8 Å². The van der Waals surface area contributed by atoms with Gasteiger partial charge in [-0.25, -0.2) is 4.79 Å². The molecule has 0 amide bonds. The Hall–Kier alpha value is -1.95. The van der Waals surface area contributed by atoms with Crippen LogP contribution in [0.15, 0.2) is 21.3 Å². The molecule has 1 aliphatic heterocycles. The Bertz CT molecular complexity index is 708. The number of aromatic amines is 1. The highest BCUT2D eigenvalue weighted by molar-refractivity contribution is 5.85. The molecule has 0 unspecified atom stereocenters. The van der Waals surface area contributed by atoms with E-state index >= 15 is 0 Å². The average Bonchev–Trinajstić information content (AvgIpc) is 3.19. The number of fused-ring (bicyclic) bond motifs is 1. The summed E-state index contributed by atoms with van der Waals surface area (Å²) in [6.07, 6.45) is 2.80. The Morgan fingerprint density at radius 3 is 2.71 bits per heavy atom. The summed E-state index contributed by atoms with van der Waals surface area (Å²) in [6, 6.07) is 3.66. The van der Waals surface area contributed by atoms with Gasteiger partial charge in [0, 0.05) is 38.8 Å². The molecule has 2 fully saturated rings. The molecular formula is C15H20N4O2. The molecule has 1 aliphatic carbocycles. The molecule has 1 aromatic carbocycles. The van der Waals surface area contributed by atoms with Gasteiger partial charge in [-0.1, -0.05) is 0 Å². The lowest BCUT2D eigenvalue weighted by Gasteiger charge is -2.36. The standard InChI is InChI=1S/C15H20N4O2/c16-11-7-14-12(17-15(20)21-14)8-13(11)19-5-3-18(4-6-19)9-10-1-2-10/h7-8,10H,1-6,9,16H2,(H,17,20). The number of nitrogens with zero attached hydrogens (tertiary/aromatic N) is 2. The zero-order valence-corrected chi connectivity index (χ0v) is 12.0. The number of anilines is 2. The van der Waals surface area contributed by atoms with E-state index in [0.29, 0.717) is 16.8 Å². The molecule has 2 aromatic rings. The fraction of sp³-hybridized carbons (Fsp3) is 0.533. The number of nitrogen functional groups attached to an aromatic ring is 1. The van der Waals surface area contributed by atoms with E-state index in [1.807, 2.05) is 6.07 Å². The number of benzene rings is 1. The van der Waals surface area contributed by atoms with Crippen LogP contribution >= 0.6 is 0 Å². The van der Waals surface area contributed by atoms with Crippen LogP contribution in [0.5, 0.6) is 0 Å². The van der Waals surface area contributed by atoms with Crippen LogP contribution in [0.3, 0.4) is 0 Å². The summed E-state index contributed by atoms with van der Waals surface area (Å²) in [7, 11) is 0. The second kappa shape index (κ2) is 4.80. The summed E-state index contributed by atoms with van der Waals surface area (Å²) >= 11 is 0. The van der Waals surface area contributed by atoms with Crippen molar-refractivity contribution in [2.45, 2.75) is 12.8 Å². The van der Waals surface area contributed by atoms with Crippen molar-refractivity contribution in [2.24, 2.45) is 5.92 Å². The summed E-state index contributed by atoms with van der Waals surface area (Å²) in [5.74, 6) is 0.504. The number of nitrogens with one attached hydrogen (secondary N) is 1. The van der Waals surface area contributed by atoms with Crippen LogP contribution in [-0.4, -0.2) is 42.6 Å². The van der Waals surface area contributed by atoms with E-state index in [1.54, 1.807) is 6.07 Å². The molecule has 0 radical (unpaired) electrons. The Balaban J connectivity index is 1.53. The van der Waals surface area contributed by atoms with Crippen molar-refractivity contribution in [2.75, 3.05) is 43.4 Å². The third-order valence-corrected chi connectivity index (χ3v) is 4.49. The van der Waals surface area contributed by atoms with Crippen molar-refractivity contribution < 1.29 is 4.42 Å².